The van der Waals surface area contributed by atoms with Gasteiger partial charge in [0.15, 0.2) is 0 Å². The fourth-order valence-electron chi connectivity index (χ4n) is 2.93. The van der Waals surface area contributed by atoms with E-state index in [1.807, 2.05) is 11.8 Å². The molecule has 0 radical (unpaired) electrons. The summed E-state index contributed by atoms with van der Waals surface area (Å²) in [6, 6.07) is 0. The first kappa shape index (κ1) is 12.2. The molecule has 2 aliphatic heterocycles. The van der Waals surface area contributed by atoms with E-state index in [4.69, 9.17) is 4.74 Å². The standard InChI is InChI=1S/C12H21NO2S/c1-15-11(14)12(6-2-3-7-13-12)10-5-4-8-16-9-10/h10,13H,2-9H2,1H3. The molecule has 2 unspecified atom stereocenters. The molecule has 2 atom stereocenters. The zero-order chi connectivity index (χ0) is 11.4. The van der Waals surface area contributed by atoms with Gasteiger partial charge < -0.3 is 10.1 Å². The third-order valence-corrected chi connectivity index (χ3v) is 5.06. The van der Waals surface area contributed by atoms with E-state index in [1.54, 1.807) is 0 Å². The van der Waals surface area contributed by atoms with Crippen molar-refractivity contribution in [3.05, 3.63) is 0 Å². The van der Waals surface area contributed by atoms with Crippen LogP contribution in [0.5, 0.6) is 0 Å². The van der Waals surface area contributed by atoms with E-state index in [0.29, 0.717) is 5.92 Å². The van der Waals surface area contributed by atoms with Crippen molar-refractivity contribution in [2.24, 2.45) is 5.92 Å². The maximum absolute atomic E-state index is 12.1. The Morgan fingerprint density at radius 2 is 2.31 bits per heavy atom. The van der Waals surface area contributed by atoms with E-state index >= 15 is 0 Å². The van der Waals surface area contributed by atoms with E-state index in [9.17, 15) is 4.79 Å². The van der Waals surface area contributed by atoms with E-state index in [1.165, 1.54) is 25.7 Å². The Morgan fingerprint density at radius 3 is 2.88 bits per heavy atom. The summed E-state index contributed by atoms with van der Waals surface area (Å²) in [4.78, 5) is 12.1. The molecule has 0 aromatic heterocycles. The van der Waals surface area contributed by atoms with Crippen molar-refractivity contribution in [1.29, 1.82) is 0 Å². The highest BCUT2D eigenvalue weighted by Crippen LogP contribution is 2.37. The Labute approximate surface area is 102 Å². The Morgan fingerprint density at radius 1 is 1.44 bits per heavy atom. The average Bonchev–Trinajstić information content (AvgIpc) is 2.39. The summed E-state index contributed by atoms with van der Waals surface area (Å²) >= 11 is 1.98. The molecule has 0 amide bonds. The first-order valence-corrected chi connectivity index (χ1v) is 7.36. The van der Waals surface area contributed by atoms with Crippen LogP contribution in [0, 0.1) is 5.92 Å². The minimum absolute atomic E-state index is 0.0419. The lowest BCUT2D eigenvalue weighted by molar-refractivity contribution is -0.152. The van der Waals surface area contributed by atoms with E-state index in [0.717, 1.165) is 31.6 Å². The maximum atomic E-state index is 12.1. The van der Waals surface area contributed by atoms with Crippen molar-refractivity contribution >= 4 is 17.7 Å². The molecule has 2 heterocycles. The Balaban J connectivity index is 2.14. The predicted molar refractivity (Wildman–Crippen MR) is 66.6 cm³/mol. The number of ether oxygens (including phenoxy) is 1. The molecule has 0 spiro atoms. The van der Waals surface area contributed by atoms with Gasteiger partial charge >= 0.3 is 5.97 Å². The molecule has 2 rings (SSSR count). The molecule has 0 bridgehead atoms. The molecule has 0 aromatic carbocycles. The van der Waals surface area contributed by atoms with Crippen LogP contribution in [0.15, 0.2) is 0 Å². The predicted octanol–water partition coefficient (Wildman–Crippen LogP) is 1.81. The van der Waals surface area contributed by atoms with Crippen molar-refractivity contribution < 1.29 is 9.53 Å². The second-order valence-corrected chi connectivity index (χ2v) is 5.91. The van der Waals surface area contributed by atoms with Crippen molar-refractivity contribution in [1.82, 2.24) is 5.32 Å². The third kappa shape index (κ3) is 2.23. The Hall–Kier alpha value is -0.220. The average molecular weight is 243 g/mol. The first-order valence-electron chi connectivity index (χ1n) is 6.21. The van der Waals surface area contributed by atoms with Crippen molar-refractivity contribution in [3.8, 4) is 0 Å². The SMILES string of the molecule is COC(=O)C1(C2CCCSC2)CCCCN1. The van der Waals surface area contributed by atoms with Crippen LogP contribution < -0.4 is 5.32 Å². The molecule has 0 aromatic rings. The lowest BCUT2D eigenvalue weighted by Gasteiger charge is -2.43. The number of methoxy groups -OCH3 is 1. The van der Waals surface area contributed by atoms with E-state index in [-0.39, 0.29) is 11.5 Å². The van der Waals surface area contributed by atoms with E-state index in [2.05, 4.69) is 5.32 Å². The fraction of sp³-hybridized carbons (Fsp3) is 0.917. The van der Waals surface area contributed by atoms with Gasteiger partial charge in [-0.15, -0.1) is 0 Å². The van der Waals surface area contributed by atoms with Gasteiger partial charge in [-0.3, -0.25) is 4.79 Å². The largest absolute Gasteiger partial charge is 0.468 e. The molecule has 0 aliphatic carbocycles. The van der Waals surface area contributed by atoms with Crippen LogP contribution in [0.3, 0.4) is 0 Å². The van der Waals surface area contributed by atoms with Gasteiger partial charge in [0, 0.05) is 0 Å². The highest BCUT2D eigenvalue weighted by Gasteiger charge is 2.47. The molecule has 2 fully saturated rings. The zero-order valence-corrected chi connectivity index (χ0v) is 10.8. The first-order chi connectivity index (χ1) is 7.79. The van der Waals surface area contributed by atoms with Gasteiger partial charge in [0.1, 0.15) is 5.54 Å². The van der Waals surface area contributed by atoms with Gasteiger partial charge in [-0.05, 0) is 56.1 Å². The summed E-state index contributed by atoms with van der Waals surface area (Å²) in [6.45, 7) is 0.955. The third-order valence-electron chi connectivity index (χ3n) is 3.85. The van der Waals surface area contributed by atoms with Gasteiger partial charge in [0.05, 0.1) is 7.11 Å². The van der Waals surface area contributed by atoms with Gasteiger partial charge in [-0.25, -0.2) is 0 Å². The number of nitrogens with one attached hydrogen (secondary N) is 1. The summed E-state index contributed by atoms with van der Waals surface area (Å²) in [6.07, 6.45) is 5.66. The second kappa shape index (κ2) is 5.41. The number of esters is 1. The number of hydrogen-bond acceptors (Lipinski definition) is 4. The van der Waals surface area contributed by atoms with Crippen LogP contribution in [0.25, 0.3) is 0 Å². The zero-order valence-electron chi connectivity index (χ0n) is 9.96. The van der Waals surface area contributed by atoms with Crippen LogP contribution in [0.1, 0.15) is 32.1 Å². The lowest BCUT2D eigenvalue weighted by Crippen LogP contribution is -2.61. The number of carbonyl (C=O) groups is 1. The summed E-state index contributed by atoms with van der Waals surface area (Å²) in [7, 11) is 1.51. The summed E-state index contributed by atoms with van der Waals surface area (Å²) in [5, 5.41) is 3.47. The fourth-order valence-corrected chi connectivity index (χ4v) is 4.20. The molecule has 3 nitrogen and oxygen atoms in total. The van der Waals surface area contributed by atoms with Crippen LogP contribution >= 0.6 is 11.8 Å². The van der Waals surface area contributed by atoms with Crippen LogP contribution in [0.4, 0.5) is 0 Å². The number of piperidine rings is 1. The second-order valence-electron chi connectivity index (χ2n) is 4.76. The van der Waals surface area contributed by atoms with Gasteiger partial charge in [-0.2, -0.15) is 11.8 Å². The molecule has 4 heteroatoms. The molecule has 92 valence electrons. The van der Waals surface area contributed by atoms with Gasteiger partial charge in [0.25, 0.3) is 0 Å². The van der Waals surface area contributed by atoms with Crippen LogP contribution in [-0.2, 0) is 9.53 Å². The minimum atomic E-state index is -0.375. The normalized spacial score (nSPS) is 35.7. The molecule has 1 N–H and O–H groups in total. The van der Waals surface area contributed by atoms with Crippen molar-refractivity contribution in [2.45, 2.75) is 37.6 Å². The monoisotopic (exact) mass is 243 g/mol. The summed E-state index contributed by atoms with van der Waals surface area (Å²) < 4.78 is 5.04. The topological polar surface area (TPSA) is 38.3 Å². The lowest BCUT2D eigenvalue weighted by atomic mass is 9.76. The quantitative estimate of drug-likeness (QED) is 0.751. The van der Waals surface area contributed by atoms with Crippen LogP contribution in [0.2, 0.25) is 0 Å². The Bertz CT molecular complexity index is 245. The highest BCUT2D eigenvalue weighted by atomic mass is 32.2. The number of rotatable bonds is 2. The molecule has 0 saturated carbocycles. The summed E-state index contributed by atoms with van der Waals surface area (Å²) in [5.41, 5.74) is -0.375. The summed E-state index contributed by atoms with van der Waals surface area (Å²) in [5.74, 6) is 2.76. The molecular formula is C12H21NO2S. The van der Waals surface area contributed by atoms with Gasteiger partial charge in [-0.1, -0.05) is 0 Å². The number of hydrogen-bond donors (Lipinski definition) is 1. The number of thioether (sulfide) groups is 1. The minimum Gasteiger partial charge on any atom is -0.468 e. The smallest absolute Gasteiger partial charge is 0.326 e. The molecular weight excluding hydrogens is 222 g/mol. The van der Waals surface area contributed by atoms with Crippen molar-refractivity contribution in [3.63, 3.8) is 0 Å². The maximum Gasteiger partial charge on any atom is 0.326 e. The number of carbonyl (C=O) groups excluding carboxylic acids is 1. The van der Waals surface area contributed by atoms with Gasteiger partial charge in [0.2, 0.25) is 0 Å². The van der Waals surface area contributed by atoms with E-state index < -0.39 is 0 Å². The Kier molecular flexibility index (Phi) is 4.14. The van der Waals surface area contributed by atoms with Crippen molar-refractivity contribution in [2.75, 3.05) is 25.2 Å². The molecule has 2 saturated heterocycles. The molecule has 16 heavy (non-hydrogen) atoms. The molecule has 2 aliphatic rings. The highest BCUT2D eigenvalue weighted by molar-refractivity contribution is 7.99. The van der Waals surface area contributed by atoms with Crippen LogP contribution in [-0.4, -0.2) is 36.7 Å².